The highest BCUT2D eigenvalue weighted by molar-refractivity contribution is 7.12. The summed E-state index contributed by atoms with van der Waals surface area (Å²) in [6.07, 6.45) is 5.32. The zero-order valence-electron chi connectivity index (χ0n) is 12.3. The molecule has 1 unspecified atom stereocenters. The molecule has 0 aromatic carbocycles. The van der Waals surface area contributed by atoms with Crippen LogP contribution in [0.3, 0.4) is 0 Å². The van der Waals surface area contributed by atoms with Crippen molar-refractivity contribution in [1.29, 1.82) is 0 Å². The van der Waals surface area contributed by atoms with E-state index >= 15 is 0 Å². The number of H-pyrrole nitrogens is 1. The lowest BCUT2D eigenvalue weighted by Crippen LogP contribution is -2.30. The first-order valence-corrected chi connectivity index (χ1v) is 8.38. The van der Waals surface area contributed by atoms with E-state index in [0.29, 0.717) is 5.82 Å². The van der Waals surface area contributed by atoms with Crippen molar-refractivity contribution in [3.05, 3.63) is 52.7 Å². The van der Waals surface area contributed by atoms with E-state index < -0.39 is 0 Å². The Hall–Kier alpha value is -2.54. The summed E-state index contributed by atoms with van der Waals surface area (Å²) in [4.78, 5) is 23.9. The van der Waals surface area contributed by atoms with Crippen LogP contribution in [0.15, 0.2) is 42.0 Å². The van der Waals surface area contributed by atoms with E-state index in [9.17, 15) is 4.79 Å². The van der Waals surface area contributed by atoms with Gasteiger partial charge in [0, 0.05) is 24.5 Å². The maximum absolute atomic E-state index is 12.6. The second-order valence-corrected chi connectivity index (χ2v) is 6.36. The minimum Gasteiger partial charge on any atom is -0.328 e. The number of carbonyl (C=O) groups excluding carboxylic acids is 1. The average Bonchev–Trinajstić information content (AvgIpc) is 3.35. The van der Waals surface area contributed by atoms with Gasteiger partial charge in [-0.15, -0.1) is 11.3 Å². The molecule has 1 fully saturated rings. The molecule has 23 heavy (non-hydrogen) atoms. The number of hydrogen-bond donors (Lipinski definition) is 1. The molecule has 0 radical (unpaired) electrons. The Morgan fingerprint density at radius 3 is 2.96 bits per heavy atom. The second-order valence-electron chi connectivity index (χ2n) is 5.41. The summed E-state index contributed by atoms with van der Waals surface area (Å²) in [5, 5.41) is 9.22. The van der Waals surface area contributed by atoms with Gasteiger partial charge in [0.25, 0.3) is 5.91 Å². The summed E-state index contributed by atoms with van der Waals surface area (Å²) in [5.74, 6) is 1.46. The minimum atomic E-state index is -0.0345. The molecule has 1 atom stereocenters. The molecule has 6 nitrogen and oxygen atoms in total. The lowest BCUT2D eigenvalue weighted by Gasteiger charge is -2.22. The van der Waals surface area contributed by atoms with Crippen molar-refractivity contribution < 1.29 is 4.79 Å². The first kappa shape index (κ1) is 14.1. The summed E-state index contributed by atoms with van der Waals surface area (Å²) in [7, 11) is 0. The van der Waals surface area contributed by atoms with Gasteiger partial charge in [-0.25, -0.2) is 4.98 Å². The van der Waals surface area contributed by atoms with Crippen molar-refractivity contribution in [1.82, 2.24) is 25.1 Å². The van der Waals surface area contributed by atoms with Crippen LogP contribution in [0.1, 0.15) is 34.4 Å². The van der Waals surface area contributed by atoms with E-state index in [0.717, 1.165) is 35.7 Å². The topological polar surface area (TPSA) is 74.8 Å². The van der Waals surface area contributed by atoms with E-state index in [-0.39, 0.29) is 11.9 Å². The number of nitrogens with one attached hydrogen (secondary N) is 1. The van der Waals surface area contributed by atoms with Gasteiger partial charge in [0.1, 0.15) is 5.82 Å². The fraction of sp³-hybridized carbons (Fsp3) is 0.250. The standard InChI is InChI=1S/C16H15N5OS/c22-16(13-4-2-10-23-13)21-9-1-3-12(21)15-18-14(19-20-15)11-5-7-17-8-6-11/h2,4-8,10,12H,1,3,9H2,(H,18,19,20). The number of rotatable bonds is 3. The van der Waals surface area contributed by atoms with Crippen LogP contribution >= 0.6 is 11.3 Å². The van der Waals surface area contributed by atoms with Crippen LogP contribution in [0.2, 0.25) is 0 Å². The molecule has 0 spiro atoms. The highest BCUT2D eigenvalue weighted by Gasteiger charge is 2.33. The summed E-state index contributed by atoms with van der Waals surface area (Å²) >= 11 is 1.47. The molecule has 3 aromatic heterocycles. The average molecular weight is 325 g/mol. The summed E-state index contributed by atoms with van der Waals surface area (Å²) in [5.41, 5.74) is 0.914. The Kier molecular flexibility index (Phi) is 3.63. The Balaban J connectivity index is 1.60. The molecule has 4 heterocycles. The van der Waals surface area contributed by atoms with E-state index in [4.69, 9.17) is 0 Å². The summed E-state index contributed by atoms with van der Waals surface area (Å²) < 4.78 is 0. The second kappa shape index (κ2) is 5.92. The van der Waals surface area contributed by atoms with Gasteiger partial charge in [-0.3, -0.25) is 14.9 Å². The first-order valence-electron chi connectivity index (χ1n) is 7.50. The Bertz CT molecular complexity index is 799. The van der Waals surface area contributed by atoms with Gasteiger partial charge >= 0.3 is 0 Å². The lowest BCUT2D eigenvalue weighted by molar-refractivity contribution is 0.0735. The predicted molar refractivity (Wildman–Crippen MR) is 86.9 cm³/mol. The number of aromatic nitrogens is 4. The zero-order valence-corrected chi connectivity index (χ0v) is 13.2. The third-order valence-electron chi connectivity index (χ3n) is 4.00. The maximum Gasteiger partial charge on any atom is 0.264 e. The molecule has 0 saturated carbocycles. The highest BCUT2D eigenvalue weighted by atomic mass is 32.1. The number of likely N-dealkylation sites (tertiary alicyclic amines) is 1. The van der Waals surface area contributed by atoms with E-state index in [1.165, 1.54) is 11.3 Å². The molecule has 7 heteroatoms. The van der Waals surface area contributed by atoms with Crippen LogP contribution in [0, 0.1) is 0 Å². The molecule has 0 aliphatic carbocycles. The third kappa shape index (κ3) is 2.63. The van der Waals surface area contributed by atoms with Gasteiger partial charge in [-0.05, 0) is 36.4 Å². The smallest absolute Gasteiger partial charge is 0.264 e. The molecular formula is C16H15N5OS. The minimum absolute atomic E-state index is 0.0345. The monoisotopic (exact) mass is 325 g/mol. The molecule has 1 N–H and O–H groups in total. The molecule has 4 rings (SSSR count). The Morgan fingerprint density at radius 2 is 2.17 bits per heavy atom. The number of pyridine rings is 1. The highest BCUT2D eigenvalue weighted by Crippen LogP contribution is 2.32. The van der Waals surface area contributed by atoms with Crippen molar-refractivity contribution in [2.75, 3.05) is 6.54 Å². The largest absolute Gasteiger partial charge is 0.328 e. The molecule has 3 aromatic rings. The van der Waals surface area contributed by atoms with Crippen LogP contribution in [-0.4, -0.2) is 37.5 Å². The number of carbonyl (C=O) groups is 1. The SMILES string of the molecule is O=C(c1cccs1)N1CCCC1c1nc(-c2ccncc2)n[nH]1. The van der Waals surface area contributed by atoms with Crippen LogP contribution in [0.4, 0.5) is 0 Å². The normalized spacial score (nSPS) is 17.6. The fourth-order valence-corrected chi connectivity index (χ4v) is 3.57. The molecule has 1 amide bonds. The van der Waals surface area contributed by atoms with Crippen molar-refractivity contribution in [3.63, 3.8) is 0 Å². The van der Waals surface area contributed by atoms with Gasteiger partial charge in [-0.1, -0.05) is 6.07 Å². The summed E-state index contributed by atoms with van der Waals surface area (Å²) in [6.45, 7) is 0.757. The zero-order chi connectivity index (χ0) is 15.6. The fourth-order valence-electron chi connectivity index (χ4n) is 2.89. The van der Waals surface area contributed by atoms with Gasteiger partial charge in [0.2, 0.25) is 0 Å². The van der Waals surface area contributed by atoms with Crippen LogP contribution in [0.25, 0.3) is 11.4 Å². The van der Waals surface area contributed by atoms with E-state index in [1.54, 1.807) is 12.4 Å². The molecule has 1 saturated heterocycles. The van der Waals surface area contributed by atoms with Crippen molar-refractivity contribution in [2.24, 2.45) is 0 Å². The Labute approximate surface area is 137 Å². The van der Waals surface area contributed by atoms with Crippen LogP contribution < -0.4 is 0 Å². The molecule has 1 aliphatic heterocycles. The van der Waals surface area contributed by atoms with E-state index in [1.807, 2.05) is 34.5 Å². The number of nitrogens with zero attached hydrogens (tertiary/aromatic N) is 4. The predicted octanol–water partition coefficient (Wildman–Crippen LogP) is 2.91. The van der Waals surface area contributed by atoms with Crippen LogP contribution in [0.5, 0.6) is 0 Å². The first-order chi connectivity index (χ1) is 11.3. The molecule has 116 valence electrons. The third-order valence-corrected chi connectivity index (χ3v) is 4.86. The van der Waals surface area contributed by atoms with Gasteiger partial charge in [0.15, 0.2) is 5.82 Å². The Morgan fingerprint density at radius 1 is 1.30 bits per heavy atom. The van der Waals surface area contributed by atoms with Crippen LogP contribution in [-0.2, 0) is 0 Å². The van der Waals surface area contributed by atoms with E-state index in [2.05, 4.69) is 20.2 Å². The van der Waals surface area contributed by atoms with Crippen molar-refractivity contribution in [3.8, 4) is 11.4 Å². The van der Waals surface area contributed by atoms with Gasteiger partial charge < -0.3 is 4.90 Å². The number of amides is 1. The molecule has 0 bridgehead atoms. The van der Waals surface area contributed by atoms with Gasteiger partial charge in [-0.2, -0.15) is 5.10 Å². The quantitative estimate of drug-likeness (QED) is 0.803. The molecular weight excluding hydrogens is 310 g/mol. The maximum atomic E-state index is 12.6. The number of aromatic amines is 1. The molecule has 1 aliphatic rings. The van der Waals surface area contributed by atoms with Gasteiger partial charge in [0.05, 0.1) is 10.9 Å². The van der Waals surface area contributed by atoms with Crippen molar-refractivity contribution in [2.45, 2.75) is 18.9 Å². The number of hydrogen-bond acceptors (Lipinski definition) is 5. The number of thiophene rings is 1. The summed E-state index contributed by atoms with van der Waals surface area (Å²) in [6, 6.07) is 7.48. The van der Waals surface area contributed by atoms with Crippen molar-refractivity contribution >= 4 is 17.2 Å². The lowest BCUT2D eigenvalue weighted by atomic mass is 10.2.